The molecule has 1 aromatic carbocycles. The highest BCUT2D eigenvalue weighted by atomic mass is 79.9. The number of hydrogen-bond acceptors (Lipinski definition) is 3. The number of aromatic nitrogens is 1. The minimum absolute atomic E-state index is 0.711. The van der Waals surface area contributed by atoms with Gasteiger partial charge in [0.1, 0.15) is 5.75 Å². The summed E-state index contributed by atoms with van der Waals surface area (Å²) in [7, 11) is 0. The first-order valence-electron chi connectivity index (χ1n) is 6.35. The molecule has 1 heterocycles. The van der Waals surface area contributed by atoms with Gasteiger partial charge >= 0.3 is 0 Å². The summed E-state index contributed by atoms with van der Waals surface area (Å²) in [5, 5.41) is 3.33. The molecular formula is C15H17BrN2O. The number of nitrogens with one attached hydrogen (secondary N) is 1. The first-order valence-corrected chi connectivity index (χ1v) is 7.14. The highest BCUT2D eigenvalue weighted by Crippen LogP contribution is 2.16. The molecule has 0 fully saturated rings. The topological polar surface area (TPSA) is 34.1 Å². The van der Waals surface area contributed by atoms with Crippen molar-refractivity contribution in [1.29, 1.82) is 0 Å². The number of nitrogens with zero attached hydrogens (tertiary/aromatic N) is 1. The van der Waals surface area contributed by atoms with E-state index in [4.69, 9.17) is 4.74 Å². The summed E-state index contributed by atoms with van der Waals surface area (Å²) in [6.45, 7) is 3.57. The number of ether oxygens (including phenoxy) is 1. The molecule has 0 spiro atoms. The molecule has 19 heavy (non-hydrogen) atoms. The molecule has 0 radical (unpaired) electrons. The highest BCUT2D eigenvalue weighted by Gasteiger charge is 1.97. The van der Waals surface area contributed by atoms with Crippen molar-refractivity contribution >= 4 is 21.6 Å². The van der Waals surface area contributed by atoms with E-state index in [-0.39, 0.29) is 0 Å². The van der Waals surface area contributed by atoms with Crippen LogP contribution in [0.25, 0.3) is 0 Å². The van der Waals surface area contributed by atoms with Crippen molar-refractivity contribution < 1.29 is 4.74 Å². The van der Waals surface area contributed by atoms with Crippen LogP contribution in [0.5, 0.6) is 5.75 Å². The normalized spacial score (nSPS) is 10.2. The van der Waals surface area contributed by atoms with Crippen LogP contribution in [-0.4, -0.2) is 11.6 Å². The molecule has 4 heteroatoms. The second-order valence-electron chi connectivity index (χ2n) is 4.19. The Kier molecular flexibility index (Phi) is 5.21. The summed E-state index contributed by atoms with van der Waals surface area (Å²) >= 11 is 3.37. The third-order valence-electron chi connectivity index (χ3n) is 2.59. The van der Waals surface area contributed by atoms with Crippen molar-refractivity contribution in [3.8, 4) is 5.75 Å². The van der Waals surface area contributed by atoms with Gasteiger partial charge in [-0.1, -0.05) is 6.92 Å². The summed E-state index contributed by atoms with van der Waals surface area (Å²) in [5.41, 5.74) is 2.07. The molecule has 2 rings (SSSR count). The minimum atomic E-state index is 0.711. The quantitative estimate of drug-likeness (QED) is 0.864. The zero-order chi connectivity index (χ0) is 13.5. The second-order valence-corrected chi connectivity index (χ2v) is 5.11. The smallest absolute Gasteiger partial charge is 0.119 e. The van der Waals surface area contributed by atoms with Crippen LogP contribution in [0.15, 0.2) is 47.1 Å². The molecular weight excluding hydrogens is 304 g/mol. The van der Waals surface area contributed by atoms with Crippen molar-refractivity contribution in [2.24, 2.45) is 0 Å². The number of hydrogen-bond donors (Lipinski definition) is 1. The molecule has 3 nitrogen and oxygen atoms in total. The van der Waals surface area contributed by atoms with Gasteiger partial charge in [-0.25, -0.2) is 0 Å². The van der Waals surface area contributed by atoms with Crippen LogP contribution in [0.4, 0.5) is 5.69 Å². The largest absolute Gasteiger partial charge is 0.494 e. The van der Waals surface area contributed by atoms with Gasteiger partial charge in [0.2, 0.25) is 0 Å². The lowest BCUT2D eigenvalue weighted by atomic mass is 10.3. The predicted molar refractivity (Wildman–Crippen MR) is 81.5 cm³/mol. The molecule has 0 saturated carbocycles. The molecule has 100 valence electrons. The maximum Gasteiger partial charge on any atom is 0.119 e. The summed E-state index contributed by atoms with van der Waals surface area (Å²) in [6.07, 6.45) is 2.83. The van der Waals surface area contributed by atoms with Crippen molar-refractivity contribution in [2.45, 2.75) is 19.9 Å². The molecule has 0 aliphatic heterocycles. The van der Waals surface area contributed by atoms with Crippen LogP contribution in [0.3, 0.4) is 0 Å². The van der Waals surface area contributed by atoms with E-state index in [1.165, 1.54) is 0 Å². The van der Waals surface area contributed by atoms with Gasteiger partial charge in [0.05, 0.1) is 18.8 Å². The Morgan fingerprint density at radius 1 is 1.16 bits per heavy atom. The van der Waals surface area contributed by atoms with Crippen LogP contribution >= 0.6 is 15.9 Å². The van der Waals surface area contributed by atoms with E-state index in [1.807, 2.05) is 36.4 Å². The Morgan fingerprint density at radius 2 is 1.95 bits per heavy atom. The fraction of sp³-hybridized carbons (Fsp3) is 0.267. The fourth-order valence-corrected chi connectivity index (χ4v) is 1.83. The zero-order valence-corrected chi connectivity index (χ0v) is 12.5. The van der Waals surface area contributed by atoms with E-state index in [9.17, 15) is 0 Å². The van der Waals surface area contributed by atoms with Crippen LogP contribution in [0, 0.1) is 0 Å². The molecule has 0 aliphatic carbocycles. The molecule has 2 aromatic rings. The fourth-order valence-electron chi connectivity index (χ4n) is 1.59. The Labute approximate surface area is 122 Å². The van der Waals surface area contributed by atoms with Gasteiger partial charge in [-0.3, -0.25) is 4.98 Å². The minimum Gasteiger partial charge on any atom is -0.494 e. The zero-order valence-electron chi connectivity index (χ0n) is 10.9. The Balaban J connectivity index is 1.87. The third-order valence-corrected chi connectivity index (χ3v) is 3.06. The number of rotatable bonds is 6. The summed E-state index contributed by atoms with van der Waals surface area (Å²) in [4.78, 5) is 4.32. The highest BCUT2D eigenvalue weighted by molar-refractivity contribution is 9.10. The lowest BCUT2D eigenvalue weighted by molar-refractivity contribution is 0.317. The standard InChI is InChI=1S/C15H17BrN2O/c1-2-9-19-15-7-5-13(6-8-15)18-11-14-4-3-12(16)10-17-14/h3-8,10,18H,2,9,11H2,1H3. The van der Waals surface area contributed by atoms with Gasteiger partial charge in [-0.05, 0) is 58.7 Å². The Morgan fingerprint density at radius 3 is 2.58 bits per heavy atom. The van der Waals surface area contributed by atoms with Gasteiger partial charge in [-0.15, -0.1) is 0 Å². The van der Waals surface area contributed by atoms with Crippen LogP contribution in [0.2, 0.25) is 0 Å². The van der Waals surface area contributed by atoms with E-state index >= 15 is 0 Å². The van der Waals surface area contributed by atoms with Crippen LogP contribution < -0.4 is 10.1 Å². The van der Waals surface area contributed by atoms with Crippen molar-refractivity contribution in [3.63, 3.8) is 0 Å². The van der Waals surface area contributed by atoms with E-state index < -0.39 is 0 Å². The van der Waals surface area contributed by atoms with E-state index in [0.29, 0.717) is 6.54 Å². The molecule has 0 atom stereocenters. The number of halogens is 1. The number of benzene rings is 1. The molecule has 1 aromatic heterocycles. The summed E-state index contributed by atoms with van der Waals surface area (Å²) < 4.78 is 6.53. The van der Waals surface area contributed by atoms with E-state index in [0.717, 1.165) is 34.6 Å². The monoisotopic (exact) mass is 320 g/mol. The molecule has 1 N–H and O–H groups in total. The van der Waals surface area contributed by atoms with Crippen molar-refractivity contribution in [1.82, 2.24) is 4.98 Å². The average molecular weight is 321 g/mol. The second kappa shape index (κ2) is 7.14. The van der Waals surface area contributed by atoms with E-state index in [2.05, 4.69) is 33.2 Å². The molecule has 0 aliphatic rings. The lowest BCUT2D eigenvalue weighted by Gasteiger charge is -2.08. The Hall–Kier alpha value is -1.55. The first-order chi connectivity index (χ1) is 9.28. The first kappa shape index (κ1) is 13.9. The molecule has 0 unspecified atom stereocenters. The Bertz CT molecular complexity index is 497. The number of pyridine rings is 1. The van der Waals surface area contributed by atoms with Gasteiger partial charge < -0.3 is 10.1 Å². The molecule has 0 bridgehead atoms. The predicted octanol–water partition coefficient (Wildman–Crippen LogP) is 4.25. The third kappa shape index (κ3) is 4.56. The van der Waals surface area contributed by atoms with Crippen LogP contribution in [0.1, 0.15) is 19.0 Å². The maximum absolute atomic E-state index is 5.54. The maximum atomic E-state index is 5.54. The van der Waals surface area contributed by atoms with Crippen LogP contribution in [-0.2, 0) is 6.54 Å². The van der Waals surface area contributed by atoms with Crippen molar-refractivity contribution in [2.75, 3.05) is 11.9 Å². The van der Waals surface area contributed by atoms with Gasteiger partial charge in [0.25, 0.3) is 0 Å². The summed E-state index contributed by atoms with van der Waals surface area (Å²) in [6, 6.07) is 12.0. The number of anilines is 1. The van der Waals surface area contributed by atoms with Gasteiger partial charge in [0, 0.05) is 16.4 Å². The van der Waals surface area contributed by atoms with Crippen molar-refractivity contribution in [3.05, 3.63) is 52.8 Å². The average Bonchev–Trinajstić information content (AvgIpc) is 2.46. The SMILES string of the molecule is CCCOc1ccc(NCc2ccc(Br)cn2)cc1. The molecule has 0 saturated heterocycles. The van der Waals surface area contributed by atoms with Gasteiger partial charge in [-0.2, -0.15) is 0 Å². The molecule has 0 amide bonds. The van der Waals surface area contributed by atoms with Gasteiger partial charge in [0.15, 0.2) is 0 Å². The lowest BCUT2D eigenvalue weighted by Crippen LogP contribution is -2.01. The summed E-state index contributed by atoms with van der Waals surface area (Å²) in [5.74, 6) is 0.911. The van der Waals surface area contributed by atoms with E-state index in [1.54, 1.807) is 6.20 Å².